The molecule has 0 aromatic carbocycles. The third kappa shape index (κ3) is 1.73. The lowest BCUT2D eigenvalue weighted by atomic mass is 10.1. The van der Waals surface area contributed by atoms with Crippen LogP contribution in [0.3, 0.4) is 0 Å². The summed E-state index contributed by atoms with van der Waals surface area (Å²) in [6.07, 6.45) is 10.6. The highest BCUT2D eigenvalue weighted by molar-refractivity contribution is 4.95. The van der Waals surface area contributed by atoms with E-state index in [1.54, 1.807) is 0 Å². The first-order valence-electron chi connectivity index (χ1n) is 4.12. The summed E-state index contributed by atoms with van der Waals surface area (Å²) >= 11 is 0. The molecule has 1 saturated carbocycles. The first-order chi connectivity index (χ1) is 4.86. The Morgan fingerprint density at radius 2 is 2.00 bits per heavy atom. The maximum atomic E-state index is 3.81. The SMILES string of the molecule is C=C[C@H]1CC[C@@H](/C=C\C)C1. The second-order valence-electron chi connectivity index (χ2n) is 3.09. The van der Waals surface area contributed by atoms with Gasteiger partial charge in [-0.1, -0.05) is 18.2 Å². The Morgan fingerprint density at radius 3 is 2.50 bits per heavy atom. The van der Waals surface area contributed by atoms with Crippen molar-refractivity contribution in [2.75, 3.05) is 0 Å². The number of hydrogen-bond acceptors (Lipinski definition) is 0. The molecular weight excluding hydrogens is 120 g/mol. The van der Waals surface area contributed by atoms with E-state index in [1.165, 1.54) is 19.3 Å². The standard InChI is InChI=1S/C10H16/c1-3-5-10-7-6-9(4-2)8-10/h3-5,9-10H,2,6-8H2,1H3/b5-3-/t9-,10+/m0/s1. The molecule has 10 heavy (non-hydrogen) atoms. The average Bonchev–Trinajstić information content (AvgIpc) is 2.37. The van der Waals surface area contributed by atoms with Gasteiger partial charge in [-0.15, -0.1) is 6.58 Å². The molecule has 1 aliphatic rings. The molecule has 0 heterocycles. The predicted molar refractivity (Wildman–Crippen MR) is 45.8 cm³/mol. The van der Waals surface area contributed by atoms with Gasteiger partial charge in [-0.05, 0) is 38.0 Å². The summed E-state index contributed by atoms with van der Waals surface area (Å²) in [5, 5.41) is 0. The molecule has 0 aliphatic heterocycles. The van der Waals surface area contributed by atoms with Crippen LogP contribution in [-0.4, -0.2) is 0 Å². The molecule has 0 N–H and O–H groups in total. The molecule has 0 spiro atoms. The molecule has 0 bridgehead atoms. The normalized spacial score (nSPS) is 33.3. The van der Waals surface area contributed by atoms with Gasteiger partial charge in [-0.2, -0.15) is 0 Å². The maximum Gasteiger partial charge on any atom is -0.0228 e. The molecule has 56 valence electrons. The van der Waals surface area contributed by atoms with Crippen LogP contribution in [0, 0.1) is 11.8 Å². The summed E-state index contributed by atoms with van der Waals surface area (Å²) < 4.78 is 0. The molecule has 0 unspecified atom stereocenters. The zero-order chi connectivity index (χ0) is 7.40. The van der Waals surface area contributed by atoms with E-state index in [1.807, 2.05) is 0 Å². The van der Waals surface area contributed by atoms with Crippen LogP contribution in [-0.2, 0) is 0 Å². The van der Waals surface area contributed by atoms with Crippen LogP contribution in [0.4, 0.5) is 0 Å². The van der Waals surface area contributed by atoms with Crippen molar-refractivity contribution in [3.05, 3.63) is 24.8 Å². The van der Waals surface area contributed by atoms with Crippen molar-refractivity contribution in [3.8, 4) is 0 Å². The largest absolute Gasteiger partial charge is 0.103 e. The summed E-state index contributed by atoms with van der Waals surface area (Å²) in [6, 6.07) is 0. The van der Waals surface area contributed by atoms with E-state index in [4.69, 9.17) is 0 Å². The third-order valence-corrected chi connectivity index (χ3v) is 2.31. The van der Waals surface area contributed by atoms with Crippen molar-refractivity contribution in [2.24, 2.45) is 11.8 Å². The summed E-state index contributed by atoms with van der Waals surface area (Å²) in [6.45, 7) is 5.91. The molecule has 1 fully saturated rings. The Hall–Kier alpha value is -0.520. The van der Waals surface area contributed by atoms with Gasteiger partial charge < -0.3 is 0 Å². The molecule has 0 aromatic heterocycles. The van der Waals surface area contributed by atoms with Crippen molar-refractivity contribution in [1.82, 2.24) is 0 Å². The van der Waals surface area contributed by atoms with Crippen LogP contribution < -0.4 is 0 Å². The van der Waals surface area contributed by atoms with E-state index >= 15 is 0 Å². The maximum absolute atomic E-state index is 3.81. The van der Waals surface area contributed by atoms with Crippen LogP contribution in [0.25, 0.3) is 0 Å². The lowest BCUT2D eigenvalue weighted by molar-refractivity contribution is 0.639. The fourth-order valence-electron chi connectivity index (χ4n) is 1.71. The summed E-state index contributed by atoms with van der Waals surface area (Å²) in [4.78, 5) is 0. The smallest absolute Gasteiger partial charge is 0.0228 e. The van der Waals surface area contributed by atoms with E-state index in [0.717, 1.165) is 11.8 Å². The van der Waals surface area contributed by atoms with E-state index in [2.05, 4.69) is 31.7 Å². The van der Waals surface area contributed by atoms with Crippen LogP contribution in [0.2, 0.25) is 0 Å². The second-order valence-corrected chi connectivity index (χ2v) is 3.09. The van der Waals surface area contributed by atoms with E-state index in [-0.39, 0.29) is 0 Å². The predicted octanol–water partition coefficient (Wildman–Crippen LogP) is 3.16. The van der Waals surface area contributed by atoms with Crippen molar-refractivity contribution in [2.45, 2.75) is 26.2 Å². The highest BCUT2D eigenvalue weighted by atomic mass is 14.2. The van der Waals surface area contributed by atoms with E-state index in [9.17, 15) is 0 Å². The molecular formula is C10H16. The summed E-state index contributed by atoms with van der Waals surface area (Å²) in [5.74, 6) is 1.63. The minimum Gasteiger partial charge on any atom is -0.103 e. The molecule has 0 aromatic rings. The summed E-state index contributed by atoms with van der Waals surface area (Å²) in [5.41, 5.74) is 0. The van der Waals surface area contributed by atoms with Gasteiger partial charge >= 0.3 is 0 Å². The molecule has 0 saturated heterocycles. The highest BCUT2D eigenvalue weighted by Crippen LogP contribution is 2.31. The van der Waals surface area contributed by atoms with Crippen LogP contribution >= 0.6 is 0 Å². The number of hydrogen-bond donors (Lipinski definition) is 0. The minimum atomic E-state index is 0.793. The first-order valence-corrected chi connectivity index (χ1v) is 4.12. The topological polar surface area (TPSA) is 0 Å². The zero-order valence-corrected chi connectivity index (χ0v) is 6.72. The van der Waals surface area contributed by atoms with Gasteiger partial charge in [-0.3, -0.25) is 0 Å². The lowest BCUT2D eigenvalue weighted by Gasteiger charge is -2.00. The Bertz CT molecular complexity index is 133. The Kier molecular flexibility index (Phi) is 2.73. The van der Waals surface area contributed by atoms with Crippen LogP contribution in [0.5, 0.6) is 0 Å². The van der Waals surface area contributed by atoms with Gasteiger partial charge in [0.1, 0.15) is 0 Å². The van der Waals surface area contributed by atoms with Gasteiger partial charge in [0.2, 0.25) is 0 Å². The molecule has 1 aliphatic carbocycles. The van der Waals surface area contributed by atoms with Crippen LogP contribution in [0.15, 0.2) is 24.8 Å². The zero-order valence-electron chi connectivity index (χ0n) is 6.72. The second kappa shape index (κ2) is 3.60. The highest BCUT2D eigenvalue weighted by Gasteiger charge is 2.19. The average molecular weight is 136 g/mol. The third-order valence-electron chi connectivity index (χ3n) is 2.31. The molecule has 0 heteroatoms. The fourth-order valence-corrected chi connectivity index (χ4v) is 1.71. The molecule has 0 amide bonds. The fraction of sp³-hybridized carbons (Fsp3) is 0.600. The van der Waals surface area contributed by atoms with Gasteiger partial charge in [-0.25, -0.2) is 0 Å². The monoisotopic (exact) mass is 136 g/mol. The van der Waals surface area contributed by atoms with Gasteiger partial charge in [0.15, 0.2) is 0 Å². The van der Waals surface area contributed by atoms with E-state index in [0.29, 0.717) is 0 Å². The molecule has 1 rings (SSSR count). The minimum absolute atomic E-state index is 0.793. The number of rotatable bonds is 2. The summed E-state index contributed by atoms with van der Waals surface area (Å²) in [7, 11) is 0. The van der Waals surface area contributed by atoms with Gasteiger partial charge in [0.25, 0.3) is 0 Å². The molecule has 0 nitrogen and oxygen atoms in total. The van der Waals surface area contributed by atoms with Crippen LogP contribution in [0.1, 0.15) is 26.2 Å². The Morgan fingerprint density at radius 1 is 1.30 bits per heavy atom. The van der Waals surface area contributed by atoms with E-state index < -0.39 is 0 Å². The van der Waals surface area contributed by atoms with Crippen molar-refractivity contribution in [1.29, 1.82) is 0 Å². The lowest BCUT2D eigenvalue weighted by Crippen LogP contribution is -1.88. The van der Waals surface area contributed by atoms with Gasteiger partial charge in [0, 0.05) is 0 Å². The Labute approximate surface area is 63.6 Å². The molecule has 2 atom stereocenters. The Balaban J connectivity index is 2.35. The molecule has 0 radical (unpaired) electrons. The van der Waals surface area contributed by atoms with Crippen molar-refractivity contribution in [3.63, 3.8) is 0 Å². The first kappa shape index (κ1) is 7.59. The quantitative estimate of drug-likeness (QED) is 0.511. The number of allylic oxidation sites excluding steroid dienone is 3. The van der Waals surface area contributed by atoms with Gasteiger partial charge in [0.05, 0.1) is 0 Å². The van der Waals surface area contributed by atoms with Crippen molar-refractivity contribution >= 4 is 0 Å². The van der Waals surface area contributed by atoms with Crippen molar-refractivity contribution < 1.29 is 0 Å².